The van der Waals surface area contributed by atoms with Crippen molar-refractivity contribution in [2.45, 2.75) is 64.8 Å². The lowest BCUT2D eigenvalue weighted by Gasteiger charge is -2.39. The number of hydrogen-bond donors (Lipinski definition) is 0. The zero-order chi connectivity index (χ0) is 21.3. The molecule has 2 fully saturated rings. The molecule has 166 valence electrons. The van der Waals surface area contributed by atoms with E-state index in [1.165, 1.54) is 0 Å². The third kappa shape index (κ3) is 5.09. The van der Waals surface area contributed by atoms with Crippen LogP contribution in [0.5, 0.6) is 11.5 Å². The number of amides is 1. The Kier molecular flexibility index (Phi) is 6.26. The smallest absolute Gasteiger partial charge is 0.260 e. The van der Waals surface area contributed by atoms with Gasteiger partial charge in [0.25, 0.3) is 5.91 Å². The van der Waals surface area contributed by atoms with Crippen LogP contribution in [0.4, 0.5) is 0 Å². The molecular weight excluding hydrogens is 380 g/mol. The van der Waals surface area contributed by atoms with Crippen LogP contribution in [0, 0.1) is 5.92 Å². The molecule has 2 saturated heterocycles. The average molecular weight is 417 g/mol. The maximum atomic E-state index is 12.7. The summed E-state index contributed by atoms with van der Waals surface area (Å²) in [4.78, 5) is 17.2. The highest BCUT2D eigenvalue weighted by Crippen LogP contribution is 2.41. The summed E-state index contributed by atoms with van der Waals surface area (Å²) in [7, 11) is 0. The highest BCUT2D eigenvalue weighted by atomic mass is 16.5. The van der Waals surface area contributed by atoms with Crippen LogP contribution in [0.25, 0.3) is 0 Å². The number of para-hydroxylation sites is 1. The van der Waals surface area contributed by atoms with Gasteiger partial charge in [-0.15, -0.1) is 0 Å². The van der Waals surface area contributed by atoms with E-state index in [-0.39, 0.29) is 18.1 Å². The van der Waals surface area contributed by atoms with Crippen LogP contribution in [-0.2, 0) is 16.0 Å². The molecule has 3 heterocycles. The third-order valence-electron chi connectivity index (χ3n) is 6.38. The first kappa shape index (κ1) is 21.4. The maximum Gasteiger partial charge on any atom is 0.260 e. The molecule has 0 bridgehead atoms. The first-order chi connectivity index (χ1) is 14.3. The zero-order valence-electron chi connectivity index (χ0n) is 18.9. The Bertz CT molecular complexity index is 748. The second-order valence-corrected chi connectivity index (χ2v) is 9.87. The van der Waals surface area contributed by atoms with Gasteiger partial charge in [-0.1, -0.05) is 12.1 Å². The molecule has 6 nitrogen and oxygen atoms in total. The Hall–Kier alpha value is -1.79. The summed E-state index contributed by atoms with van der Waals surface area (Å²) in [6, 6.07) is 5.94. The van der Waals surface area contributed by atoms with Crippen LogP contribution in [0.3, 0.4) is 0 Å². The number of carbonyl (C=O) groups excluding carboxylic acids is 1. The van der Waals surface area contributed by atoms with Crippen molar-refractivity contribution in [1.29, 1.82) is 0 Å². The van der Waals surface area contributed by atoms with Gasteiger partial charge in [0.15, 0.2) is 18.1 Å². The van der Waals surface area contributed by atoms with E-state index in [0.29, 0.717) is 23.9 Å². The van der Waals surface area contributed by atoms with Crippen LogP contribution in [0.1, 0.15) is 46.1 Å². The van der Waals surface area contributed by atoms with Gasteiger partial charge in [-0.3, -0.25) is 9.69 Å². The van der Waals surface area contributed by atoms with Gasteiger partial charge in [-0.2, -0.15) is 0 Å². The fourth-order valence-corrected chi connectivity index (χ4v) is 5.10. The molecule has 2 unspecified atom stereocenters. The Morgan fingerprint density at radius 2 is 1.87 bits per heavy atom. The summed E-state index contributed by atoms with van der Waals surface area (Å²) < 4.78 is 17.8. The van der Waals surface area contributed by atoms with Gasteiger partial charge in [0, 0.05) is 44.7 Å². The molecule has 0 saturated carbocycles. The van der Waals surface area contributed by atoms with Crippen molar-refractivity contribution in [3.63, 3.8) is 0 Å². The molecule has 2 atom stereocenters. The molecule has 3 aliphatic rings. The van der Waals surface area contributed by atoms with Crippen molar-refractivity contribution in [3.8, 4) is 11.5 Å². The number of likely N-dealkylation sites (tertiary alicyclic amines) is 1. The monoisotopic (exact) mass is 416 g/mol. The molecule has 1 amide bonds. The van der Waals surface area contributed by atoms with Crippen LogP contribution in [0.15, 0.2) is 18.2 Å². The highest BCUT2D eigenvalue weighted by Gasteiger charge is 2.33. The summed E-state index contributed by atoms with van der Waals surface area (Å²) in [6.07, 6.45) is 3.60. The Labute approximate surface area is 180 Å². The highest BCUT2D eigenvalue weighted by molar-refractivity contribution is 5.78. The minimum absolute atomic E-state index is 0.0666. The van der Waals surface area contributed by atoms with Crippen LogP contribution in [-0.4, -0.2) is 72.8 Å². The van der Waals surface area contributed by atoms with Gasteiger partial charge in [0.05, 0.1) is 12.2 Å². The van der Waals surface area contributed by atoms with E-state index >= 15 is 0 Å². The second kappa shape index (κ2) is 8.75. The van der Waals surface area contributed by atoms with Gasteiger partial charge in [0.1, 0.15) is 5.60 Å². The average Bonchev–Trinajstić information content (AvgIpc) is 3.00. The quantitative estimate of drug-likeness (QED) is 0.738. The third-order valence-corrected chi connectivity index (χ3v) is 6.38. The maximum absolute atomic E-state index is 12.7. The van der Waals surface area contributed by atoms with Crippen LogP contribution < -0.4 is 9.47 Å². The van der Waals surface area contributed by atoms with Crippen LogP contribution >= 0.6 is 0 Å². The molecule has 0 aromatic heterocycles. The minimum Gasteiger partial charge on any atom is -0.483 e. The number of carbonyl (C=O) groups is 1. The summed E-state index contributed by atoms with van der Waals surface area (Å²) in [5.74, 6) is 2.19. The number of nitrogens with zero attached hydrogens (tertiary/aromatic N) is 2. The number of morpholine rings is 1. The zero-order valence-corrected chi connectivity index (χ0v) is 18.9. The number of hydrogen-bond acceptors (Lipinski definition) is 5. The summed E-state index contributed by atoms with van der Waals surface area (Å²) in [5, 5.41) is 0. The van der Waals surface area contributed by atoms with Crippen LogP contribution in [0.2, 0.25) is 0 Å². The van der Waals surface area contributed by atoms with Crippen molar-refractivity contribution in [2.75, 3.05) is 39.3 Å². The summed E-state index contributed by atoms with van der Waals surface area (Å²) in [6.45, 7) is 13.3. The van der Waals surface area contributed by atoms with E-state index in [4.69, 9.17) is 14.2 Å². The lowest BCUT2D eigenvalue weighted by molar-refractivity contribution is -0.135. The Morgan fingerprint density at radius 3 is 2.57 bits per heavy atom. The molecule has 30 heavy (non-hydrogen) atoms. The van der Waals surface area contributed by atoms with Gasteiger partial charge < -0.3 is 19.1 Å². The van der Waals surface area contributed by atoms with Gasteiger partial charge >= 0.3 is 0 Å². The van der Waals surface area contributed by atoms with E-state index in [2.05, 4.69) is 38.7 Å². The van der Waals surface area contributed by atoms with Gasteiger partial charge in [-0.05, 0) is 52.5 Å². The predicted octanol–water partition coefficient (Wildman–Crippen LogP) is 3.13. The van der Waals surface area contributed by atoms with Crippen molar-refractivity contribution < 1.29 is 19.0 Å². The fourth-order valence-electron chi connectivity index (χ4n) is 5.10. The van der Waals surface area contributed by atoms with Crippen molar-refractivity contribution >= 4 is 5.91 Å². The van der Waals surface area contributed by atoms with Crippen molar-refractivity contribution in [1.82, 2.24) is 9.80 Å². The molecule has 0 radical (unpaired) electrons. The molecule has 3 aliphatic heterocycles. The molecule has 0 aliphatic carbocycles. The molecule has 4 rings (SSSR count). The predicted molar refractivity (Wildman–Crippen MR) is 116 cm³/mol. The topological polar surface area (TPSA) is 51.2 Å². The Morgan fingerprint density at radius 1 is 1.17 bits per heavy atom. The van der Waals surface area contributed by atoms with Crippen molar-refractivity contribution in [3.05, 3.63) is 23.8 Å². The molecule has 1 aromatic carbocycles. The number of piperidine rings is 1. The lowest BCUT2D eigenvalue weighted by atomic mass is 9.95. The number of fused-ring (bicyclic) bond motifs is 1. The fraction of sp³-hybridized carbons (Fsp3) is 0.708. The number of ether oxygens (including phenoxy) is 3. The summed E-state index contributed by atoms with van der Waals surface area (Å²) in [5.41, 5.74) is 0.932. The van der Waals surface area contributed by atoms with E-state index < -0.39 is 0 Å². The number of benzene rings is 1. The van der Waals surface area contributed by atoms with Gasteiger partial charge in [0.2, 0.25) is 0 Å². The Balaban J connectivity index is 1.23. The normalized spacial score (nSPS) is 26.9. The minimum atomic E-state index is -0.218. The largest absolute Gasteiger partial charge is 0.483 e. The standard InChI is InChI=1S/C24H36N2O4/c1-17-13-25(14-18(2)29-17)15-19-8-10-26(11-9-19)22(27)16-28-21-7-5-6-20-12-24(3,4)30-23(20)21/h5-7,17-19H,8-16H2,1-4H3. The van der Waals surface area contributed by atoms with E-state index in [1.807, 2.05) is 17.0 Å². The molecule has 6 heteroatoms. The molecular formula is C24H36N2O4. The lowest BCUT2D eigenvalue weighted by Crippen LogP contribution is -2.49. The first-order valence-electron chi connectivity index (χ1n) is 11.4. The number of rotatable bonds is 5. The second-order valence-electron chi connectivity index (χ2n) is 9.87. The molecule has 0 N–H and O–H groups in total. The molecule has 1 aromatic rings. The SMILES string of the molecule is CC1CN(CC2CCN(C(=O)COc3cccc4c3OC(C)(C)C4)CC2)CC(C)O1. The van der Waals surface area contributed by atoms with Gasteiger partial charge in [-0.25, -0.2) is 0 Å². The summed E-state index contributed by atoms with van der Waals surface area (Å²) >= 11 is 0. The first-order valence-corrected chi connectivity index (χ1v) is 11.4. The van der Waals surface area contributed by atoms with Crippen molar-refractivity contribution in [2.24, 2.45) is 5.92 Å². The molecule has 0 spiro atoms. The van der Waals surface area contributed by atoms with E-state index in [1.54, 1.807) is 0 Å². The van der Waals surface area contributed by atoms with E-state index in [0.717, 1.165) is 63.3 Å². The van der Waals surface area contributed by atoms with E-state index in [9.17, 15) is 4.79 Å².